The molecule has 1 fully saturated rings. The standard InChI is InChI=1S/C13H22BrN3O2S2/c1-3-17(2)7-6-16-21(18,19)12-8-11(20-13(12)14)9-15-10-4-5-10/h8,10,15-16H,3-7,9H2,1-2H3. The molecular weight excluding hydrogens is 374 g/mol. The molecule has 1 aromatic rings. The lowest BCUT2D eigenvalue weighted by molar-refractivity contribution is 0.358. The van der Waals surface area contributed by atoms with E-state index in [2.05, 4.69) is 30.9 Å². The number of nitrogens with zero attached hydrogens (tertiary/aromatic N) is 1. The molecular formula is C13H22BrN3O2S2. The second kappa shape index (κ2) is 7.52. The van der Waals surface area contributed by atoms with Crippen LogP contribution in [0.25, 0.3) is 0 Å². The number of rotatable bonds is 9. The first-order valence-electron chi connectivity index (χ1n) is 7.12. The first kappa shape index (κ1) is 17.4. The number of sulfonamides is 1. The highest BCUT2D eigenvalue weighted by Gasteiger charge is 2.23. The molecule has 5 nitrogen and oxygen atoms in total. The number of hydrogen-bond donors (Lipinski definition) is 2. The SMILES string of the molecule is CCN(C)CCNS(=O)(=O)c1cc(CNC2CC2)sc1Br. The van der Waals surface area contributed by atoms with E-state index < -0.39 is 10.0 Å². The van der Waals surface area contributed by atoms with Crippen molar-refractivity contribution in [3.05, 3.63) is 14.7 Å². The number of nitrogens with one attached hydrogen (secondary N) is 2. The minimum atomic E-state index is -3.44. The zero-order valence-electron chi connectivity index (χ0n) is 12.4. The van der Waals surface area contributed by atoms with Crippen molar-refractivity contribution in [2.24, 2.45) is 0 Å². The van der Waals surface area contributed by atoms with Gasteiger partial charge in [0.25, 0.3) is 0 Å². The summed E-state index contributed by atoms with van der Waals surface area (Å²) < 4.78 is 28.0. The fourth-order valence-electron chi connectivity index (χ4n) is 1.81. The van der Waals surface area contributed by atoms with E-state index in [0.29, 0.717) is 27.8 Å². The van der Waals surface area contributed by atoms with Gasteiger partial charge in [-0.25, -0.2) is 13.1 Å². The van der Waals surface area contributed by atoms with Gasteiger partial charge in [-0.3, -0.25) is 0 Å². The molecule has 1 saturated carbocycles. The molecule has 1 aromatic heterocycles. The van der Waals surface area contributed by atoms with Crippen molar-refractivity contribution in [3.8, 4) is 0 Å². The Morgan fingerprint density at radius 2 is 2.19 bits per heavy atom. The third-order valence-corrected chi connectivity index (χ3v) is 7.18. The molecule has 0 spiro atoms. The quantitative estimate of drug-likeness (QED) is 0.670. The van der Waals surface area contributed by atoms with Crippen molar-refractivity contribution in [2.75, 3.05) is 26.7 Å². The molecule has 0 aromatic carbocycles. The maximum atomic E-state index is 12.3. The second-order valence-corrected chi connectivity index (χ2v) is 9.49. The van der Waals surface area contributed by atoms with Gasteiger partial charge in [-0.15, -0.1) is 11.3 Å². The molecule has 21 heavy (non-hydrogen) atoms. The van der Waals surface area contributed by atoms with Crippen molar-refractivity contribution >= 4 is 37.3 Å². The van der Waals surface area contributed by atoms with Gasteiger partial charge in [0.15, 0.2) is 0 Å². The molecule has 0 atom stereocenters. The Morgan fingerprint density at radius 1 is 1.48 bits per heavy atom. The summed E-state index contributed by atoms with van der Waals surface area (Å²) in [4.78, 5) is 3.45. The van der Waals surface area contributed by atoms with Gasteiger partial charge in [0, 0.05) is 30.6 Å². The average molecular weight is 396 g/mol. The van der Waals surface area contributed by atoms with E-state index in [1.807, 2.05) is 14.0 Å². The highest BCUT2D eigenvalue weighted by Crippen LogP contribution is 2.32. The summed E-state index contributed by atoms with van der Waals surface area (Å²) in [6.07, 6.45) is 2.45. The van der Waals surface area contributed by atoms with E-state index in [9.17, 15) is 8.42 Å². The molecule has 2 rings (SSSR count). The Morgan fingerprint density at radius 3 is 2.81 bits per heavy atom. The fourth-order valence-corrected chi connectivity index (χ4v) is 5.46. The monoisotopic (exact) mass is 395 g/mol. The van der Waals surface area contributed by atoms with Gasteiger partial charge < -0.3 is 10.2 Å². The third-order valence-electron chi connectivity index (χ3n) is 3.46. The lowest BCUT2D eigenvalue weighted by atomic mass is 10.4. The maximum Gasteiger partial charge on any atom is 0.242 e. The predicted octanol–water partition coefficient (Wildman–Crippen LogP) is 1.99. The Bertz CT molecular complexity index is 570. The Balaban J connectivity index is 1.94. The minimum Gasteiger partial charge on any atom is -0.309 e. The maximum absolute atomic E-state index is 12.3. The van der Waals surface area contributed by atoms with Gasteiger partial charge in [0.1, 0.15) is 4.90 Å². The van der Waals surface area contributed by atoms with Gasteiger partial charge in [-0.1, -0.05) is 6.92 Å². The van der Waals surface area contributed by atoms with Crippen LogP contribution in [0.2, 0.25) is 0 Å². The predicted molar refractivity (Wildman–Crippen MR) is 90.2 cm³/mol. The van der Waals surface area contributed by atoms with E-state index in [0.717, 1.165) is 18.0 Å². The summed E-state index contributed by atoms with van der Waals surface area (Å²) in [5.74, 6) is 0. The number of likely N-dealkylation sites (N-methyl/N-ethyl adjacent to an activating group) is 1. The first-order valence-corrected chi connectivity index (χ1v) is 10.2. The molecule has 0 aliphatic heterocycles. The average Bonchev–Trinajstić information content (AvgIpc) is 3.18. The zero-order chi connectivity index (χ0) is 15.5. The van der Waals surface area contributed by atoms with Crippen LogP contribution in [-0.4, -0.2) is 46.0 Å². The van der Waals surface area contributed by atoms with E-state index in [1.165, 1.54) is 24.2 Å². The third kappa shape index (κ3) is 5.30. The summed E-state index contributed by atoms with van der Waals surface area (Å²) in [5.41, 5.74) is 0. The normalized spacial score (nSPS) is 15.8. The summed E-state index contributed by atoms with van der Waals surface area (Å²) in [6.45, 7) is 4.81. The van der Waals surface area contributed by atoms with E-state index >= 15 is 0 Å². The van der Waals surface area contributed by atoms with Crippen molar-refractivity contribution in [1.82, 2.24) is 14.9 Å². The van der Waals surface area contributed by atoms with Crippen molar-refractivity contribution < 1.29 is 8.42 Å². The molecule has 0 unspecified atom stereocenters. The Kier molecular flexibility index (Phi) is 6.22. The molecule has 1 heterocycles. The van der Waals surface area contributed by atoms with Gasteiger partial charge >= 0.3 is 0 Å². The molecule has 2 N–H and O–H groups in total. The molecule has 1 aliphatic carbocycles. The molecule has 8 heteroatoms. The van der Waals surface area contributed by atoms with Crippen LogP contribution in [-0.2, 0) is 16.6 Å². The van der Waals surface area contributed by atoms with E-state index in [1.54, 1.807) is 6.07 Å². The van der Waals surface area contributed by atoms with Crippen LogP contribution in [0.1, 0.15) is 24.6 Å². The smallest absolute Gasteiger partial charge is 0.242 e. The van der Waals surface area contributed by atoms with Crippen LogP contribution in [0.5, 0.6) is 0 Å². The first-order chi connectivity index (χ1) is 9.92. The zero-order valence-corrected chi connectivity index (χ0v) is 15.6. The van der Waals surface area contributed by atoms with Crippen LogP contribution < -0.4 is 10.0 Å². The van der Waals surface area contributed by atoms with Crippen LogP contribution >= 0.6 is 27.3 Å². The minimum absolute atomic E-state index is 0.347. The summed E-state index contributed by atoms with van der Waals surface area (Å²) in [7, 11) is -1.47. The summed E-state index contributed by atoms with van der Waals surface area (Å²) >= 11 is 4.85. The molecule has 0 amide bonds. The molecule has 120 valence electrons. The van der Waals surface area contributed by atoms with Crippen LogP contribution in [0, 0.1) is 0 Å². The fraction of sp³-hybridized carbons (Fsp3) is 0.692. The van der Waals surface area contributed by atoms with Gasteiger partial charge in [0.2, 0.25) is 10.0 Å². The molecule has 0 bridgehead atoms. The molecule has 0 saturated heterocycles. The number of halogens is 1. The lowest BCUT2D eigenvalue weighted by Crippen LogP contribution is -2.32. The molecule has 0 radical (unpaired) electrons. The lowest BCUT2D eigenvalue weighted by Gasteiger charge is -2.13. The second-order valence-electron chi connectivity index (χ2n) is 5.30. The Labute approximate surface area is 139 Å². The highest BCUT2D eigenvalue weighted by atomic mass is 79.9. The van der Waals surface area contributed by atoms with Crippen molar-refractivity contribution in [1.29, 1.82) is 0 Å². The van der Waals surface area contributed by atoms with Crippen molar-refractivity contribution in [3.63, 3.8) is 0 Å². The summed E-state index contributed by atoms with van der Waals surface area (Å²) in [6, 6.07) is 2.38. The van der Waals surface area contributed by atoms with E-state index in [4.69, 9.17) is 0 Å². The summed E-state index contributed by atoms with van der Waals surface area (Å²) in [5, 5.41) is 3.40. The van der Waals surface area contributed by atoms with Crippen LogP contribution in [0.15, 0.2) is 14.7 Å². The number of thiophene rings is 1. The highest BCUT2D eigenvalue weighted by molar-refractivity contribution is 9.11. The van der Waals surface area contributed by atoms with E-state index in [-0.39, 0.29) is 0 Å². The van der Waals surface area contributed by atoms with Crippen LogP contribution in [0.4, 0.5) is 0 Å². The van der Waals surface area contributed by atoms with Gasteiger partial charge in [-0.2, -0.15) is 0 Å². The van der Waals surface area contributed by atoms with Crippen molar-refractivity contribution in [2.45, 2.75) is 37.2 Å². The molecule has 1 aliphatic rings. The van der Waals surface area contributed by atoms with Crippen LogP contribution in [0.3, 0.4) is 0 Å². The Hall–Kier alpha value is 0.01000. The number of hydrogen-bond acceptors (Lipinski definition) is 5. The largest absolute Gasteiger partial charge is 0.309 e. The topological polar surface area (TPSA) is 61.4 Å². The van der Waals surface area contributed by atoms with Gasteiger partial charge in [0.05, 0.1) is 3.79 Å². The van der Waals surface area contributed by atoms with Gasteiger partial charge in [-0.05, 0) is 48.4 Å².